The number of anilines is 2. The number of hydrogen-bond donors (Lipinski definition) is 1. The van der Waals surface area contributed by atoms with Crippen LogP contribution in [0.2, 0.25) is 0 Å². The smallest absolute Gasteiger partial charge is 0.255 e. The summed E-state index contributed by atoms with van der Waals surface area (Å²) in [6.45, 7) is 5.23. The minimum Gasteiger partial charge on any atom is -0.379 e. The van der Waals surface area contributed by atoms with Crippen molar-refractivity contribution in [3.63, 3.8) is 0 Å². The molecular formula is C22H26FN3O5S. The third kappa shape index (κ3) is 4.78. The van der Waals surface area contributed by atoms with Gasteiger partial charge in [0.05, 0.1) is 37.0 Å². The Morgan fingerprint density at radius 2 is 1.62 bits per heavy atom. The predicted molar refractivity (Wildman–Crippen MR) is 118 cm³/mol. The molecule has 0 aromatic heterocycles. The van der Waals surface area contributed by atoms with E-state index < -0.39 is 21.7 Å². The number of morpholine rings is 2. The van der Waals surface area contributed by atoms with Gasteiger partial charge in [0.1, 0.15) is 5.82 Å². The highest BCUT2D eigenvalue weighted by Gasteiger charge is 2.27. The maximum atomic E-state index is 14.7. The lowest BCUT2D eigenvalue weighted by molar-refractivity contribution is 0.0730. The van der Waals surface area contributed by atoms with Crippen LogP contribution in [0.15, 0.2) is 41.3 Å². The summed E-state index contributed by atoms with van der Waals surface area (Å²) in [6.07, 6.45) is 0. The minimum atomic E-state index is -3.73. The predicted octanol–water partition coefficient (Wildman–Crippen LogP) is 2.24. The Morgan fingerprint density at radius 1 is 0.969 bits per heavy atom. The fourth-order valence-corrected chi connectivity index (χ4v) is 5.22. The van der Waals surface area contributed by atoms with Crippen molar-refractivity contribution in [1.82, 2.24) is 4.31 Å². The van der Waals surface area contributed by atoms with Crippen LogP contribution in [0.3, 0.4) is 0 Å². The third-order valence-electron chi connectivity index (χ3n) is 5.62. The molecule has 4 rings (SSSR count). The van der Waals surface area contributed by atoms with Crippen molar-refractivity contribution in [3.8, 4) is 0 Å². The second-order valence-corrected chi connectivity index (χ2v) is 9.65. The van der Waals surface area contributed by atoms with Crippen LogP contribution in [0.25, 0.3) is 0 Å². The van der Waals surface area contributed by atoms with Gasteiger partial charge in [-0.2, -0.15) is 4.31 Å². The van der Waals surface area contributed by atoms with E-state index in [0.717, 1.165) is 0 Å². The number of amides is 1. The molecule has 2 heterocycles. The van der Waals surface area contributed by atoms with E-state index in [1.165, 1.54) is 22.5 Å². The molecular weight excluding hydrogens is 437 g/mol. The summed E-state index contributed by atoms with van der Waals surface area (Å²) in [7, 11) is -3.73. The number of ether oxygens (including phenoxy) is 2. The zero-order chi connectivity index (χ0) is 22.7. The molecule has 0 aliphatic carbocycles. The highest BCUT2D eigenvalue weighted by molar-refractivity contribution is 7.89. The molecule has 2 aromatic carbocycles. The minimum absolute atomic E-state index is 0.0454. The van der Waals surface area contributed by atoms with Crippen LogP contribution in [0.5, 0.6) is 0 Å². The van der Waals surface area contributed by atoms with Gasteiger partial charge < -0.3 is 19.7 Å². The molecule has 2 aromatic rings. The van der Waals surface area contributed by atoms with E-state index in [1.54, 1.807) is 25.1 Å². The Balaban J connectivity index is 1.53. The summed E-state index contributed by atoms with van der Waals surface area (Å²) in [5, 5.41) is 2.68. The van der Waals surface area contributed by atoms with Crippen LogP contribution in [-0.2, 0) is 19.5 Å². The lowest BCUT2D eigenvalue weighted by Gasteiger charge is -2.29. The van der Waals surface area contributed by atoms with Gasteiger partial charge in [0, 0.05) is 37.4 Å². The molecule has 0 radical (unpaired) electrons. The first-order valence-corrected chi connectivity index (χ1v) is 11.9. The van der Waals surface area contributed by atoms with Crippen molar-refractivity contribution < 1.29 is 27.1 Å². The Hall–Kier alpha value is -2.53. The van der Waals surface area contributed by atoms with Crippen LogP contribution in [0.1, 0.15) is 15.9 Å². The standard InChI is InChI=1S/C22H26FN3O5S/c1-16-2-4-18(32(28,29)26-8-12-31-13-9-26)15-19(16)22(27)24-17-3-5-21(20(23)14-17)25-6-10-30-11-7-25/h2-5,14-15H,6-13H2,1H3,(H,24,27). The van der Waals surface area contributed by atoms with Crippen molar-refractivity contribution in [1.29, 1.82) is 0 Å². The first-order valence-electron chi connectivity index (χ1n) is 10.5. The van der Waals surface area contributed by atoms with Gasteiger partial charge in [-0.3, -0.25) is 4.79 Å². The number of halogens is 1. The average Bonchev–Trinajstić information content (AvgIpc) is 2.80. The zero-order valence-corrected chi connectivity index (χ0v) is 18.7. The number of nitrogens with one attached hydrogen (secondary N) is 1. The summed E-state index contributed by atoms with van der Waals surface area (Å²) in [4.78, 5) is 14.8. The molecule has 0 saturated carbocycles. The highest BCUT2D eigenvalue weighted by atomic mass is 32.2. The monoisotopic (exact) mass is 463 g/mol. The van der Waals surface area contributed by atoms with Gasteiger partial charge in [0.15, 0.2) is 0 Å². The van der Waals surface area contributed by atoms with Crippen LogP contribution in [-0.4, -0.2) is 71.2 Å². The number of carbonyl (C=O) groups excluding carboxylic acids is 1. The molecule has 8 nitrogen and oxygen atoms in total. The summed E-state index contributed by atoms with van der Waals surface area (Å²) in [6, 6.07) is 9.00. The van der Waals surface area contributed by atoms with Gasteiger partial charge >= 0.3 is 0 Å². The van der Waals surface area contributed by atoms with Crippen LogP contribution in [0.4, 0.5) is 15.8 Å². The van der Waals surface area contributed by atoms with E-state index in [2.05, 4.69) is 5.32 Å². The van der Waals surface area contributed by atoms with Gasteiger partial charge in [0.2, 0.25) is 10.0 Å². The van der Waals surface area contributed by atoms with Crippen molar-refractivity contribution >= 4 is 27.3 Å². The molecule has 0 spiro atoms. The van der Waals surface area contributed by atoms with Gasteiger partial charge in [-0.25, -0.2) is 12.8 Å². The maximum absolute atomic E-state index is 14.7. The number of carbonyl (C=O) groups is 1. The molecule has 1 N–H and O–H groups in total. The zero-order valence-electron chi connectivity index (χ0n) is 17.8. The quantitative estimate of drug-likeness (QED) is 0.732. The highest BCUT2D eigenvalue weighted by Crippen LogP contribution is 2.25. The molecule has 0 bridgehead atoms. The molecule has 2 saturated heterocycles. The van der Waals surface area contributed by atoms with E-state index in [1.807, 2.05) is 4.90 Å². The summed E-state index contributed by atoms with van der Waals surface area (Å²) < 4.78 is 52.4. The Morgan fingerprint density at radius 3 is 2.28 bits per heavy atom. The molecule has 1 amide bonds. The molecule has 32 heavy (non-hydrogen) atoms. The Bertz CT molecular complexity index is 1100. The average molecular weight is 464 g/mol. The van der Waals surface area contributed by atoms with Crippen molar-refractivity contribution in [2.45, 2.75) is 11.8 Å². The van der Waals surface area contributed by atoms with E-state index >= 15 is 0 Å². The summed E-state index contributed by atoms with van der Waals surface area (Å²) in [5.41, 5.74) is 1.59. The fraction of sp³-hybridized carbons (Fsp3) is 0.409. The maximum Gasteiger partial charge on any atom is 0.255 e. The molecule has 0 atom stereocenters. The van der Waals surface area contributed by atoms with Gasteiger partial charge in [0.25, 0.3) is 5.91 Å². The molecule has 10 heteroatoms. The molecule has 2 aliphatic rings. The van der Waals surface area contributed by atoms with Crippen LogP contribution >= 0.6 is 0 Å². The third-order valence-corrected chi connectivity index (χ3v) is 7.51. The second kappa shape index (κ2) is 9.53. The van der Waals surface area contributed by atoms with Gasteiger partial charge in [-0.1, -0.05) is 6.07 Å². The Labute approximate surface area is 187 Å². The molecule has 2 fully saturated rings. The summed E-state index contributed by atoms with van der Waals surface area (Å²) in [5.74, 6) is -0.940. The second-order valence-electron chi connectivity index (χ2n) is 7.71. The van der Waals surface area contributed by atoms with E-state index in [0.29, 0.717) is 56.5 Å². The lowest BCUT2D eigenvalue weighted by Crippen LogP contribution is -2.40. The van der Waals surface area contributed by atoms with Gasteiger partial charge in [-0.05, 0) is 42.8 Å². The van der Waals surface area contributed by atoms with E-state index in [9.17, 15) is 17.6 Å². The molecule has 2 aliphatic heterocycles. The number of sulfonamides is 1. The largest absolute Gasteiger partial charge is 0.379 e. The van der Waals surface area contributed by atoms with E-state index in [4.69, 9.17) is 9.47 Å². The van der Waals surface area contributed by atoms with E-state index in [-0.39, 0.29) is 23.5 Å². The Kier molecular flexibility index (Phi) is 6.75. The number of benzene rings is 2. The number of rotatable bonds is 5. The van der Waals surface area contributed by atoms with Crippen molar-refractivity contribution in [2.24, 2.45) is 0 Å². The summed E-state index contributed by atoms with van der Waals surface area (Å²) >= 11 is 0. The van der Waals surface area contributed by atoms with Crippen LogP contribution < -0.4 is 10.2 Å². The molecule has 0 unspecified atom stereocenters. The SMILES string of the molecule is Cc1ccc(S(=O)(=O)N2CCOCC2)cc1C(=O)Nc1ccc(N2CCOCC2)c(F)c1. The lowest BCUT2D eigenvalue weighted by atomic mass is 10.1. The number of aryl methyl sites for hydroxylation is 1. The molecule has 172 valence electrons. The van der Waals surface area contributed by atoms with Crippen LogP contribution in [0, 0.1) is 12.7 Å². The first kappa shape index (κ1) is 22.7. The first-order chi connectivity index (χ1) is 15.4. The fourth-order valence-electron chi connectivity index (χ4n) is 3.79. The van der Waals surface area contributed by atoms with Gasteiger partial charge in [-0.15, -0.1) is 0 Å². The topological polar surface area (TPSA) is 88.2 Å². The normalized spacial score (nSPS) is 17.9. The van der Waals surface area contributed by atoms with Crippen molar-refractivity contribution in [2.75, 3.05) is 62.8 Å². The number of hydrogen-bond acceptors (Lipinski definition) is 6. The number of nitrogens with zero attached hydrogens (tertiary/aromatic N) is 2. The van der Waals surface area contributed by atoms with Crippen molar-refractivity contribution in [3.05, 3.63) is 53.3 Å².